The molecule has 3 heteroatoms. The van der Waals surface area contributed by atoms with Crippen LogP contribution in [0.2, 0.25) is 5.22 Å². The Balaban J connectivity index is 1.89. The van der Waals surface area contributed by atoms with Crippen LogP contribution < -0.4 is 5.32 Å². The van der Waals surface area contributed by atoms with E-state index in [1.807, 2.05) is 6.07 Å². The van der Waals surface area contributed by atoms with Crippen molar-refractivity contribution in [3.8, 4) is 0 Å². The fraction of sp³-hybridized carbons (Fsp3) is 0.286. The number of nitrogens with one attached hydrogen (secondary N) is 1. The fourth-order valence-corrected chi connectivity index (χ4v) is 2.00. The third-order valence-electron chi connectivity index (χ3n) is 2.74. The van der Waals surface area contributed by atoms with E-state index in [0.717, 1.165) is 18.7 Å². The minimum atomic E-state index is 0.441. The Bertz CT molecular complexity index is 479. The van der Waals surface area contributed by atoms with Gasteiger partial charge in [0.25, 0.3) is 0 Å². The monoisotopic (exact) mass is 249 g/mol. The molecule has 1 aromatic carbocycles. The molecule has 1 N–H and O–H groups in total. The van der Waals surface area contributed by atoms with Crippen molar-refractivity contribution < 1.29 is 4.42 Å². The molecule has 17 heavy (non-hydrogen) atoms. The van der Waals surface area contributed by atoms with E-state index in [9.17, 15) is 0 Å². The maximum absolute atomic E-state index is 5.71. The predicted octanol–water partition coefficient (Wildman–Crippen LogP) is 3.79. The van der Waals surface area contributed by atoms with Gasteiger partial charge >= 0.3 is 0 Å². The van der Waals surface area contributed by atoms with Crippen LogP contribution in [0.25, 0.3) is 0 Å². The van der Waals surface area contributed by atoms with Gasteiger partial charge < -0.3 is 9.73 Å². The van der Waals surface area contributed by atoms with E-state index in [1.54, 1.807) is 6.07 Å². The van der Waals surface area contributed by atoms with Gasteiger partial charge in [0.2, 0.25) is 0 Å². The number of hydrogen-bond donors (Lipinski definition) is 1. The van der Waals surface area contributed by atoms with E-state index in [0.29, 0.717) is 11.8 Å². The summed E-state index contributed by atoms with van der Waals surface area (Å²) in [4.78, 5) is 0. The Hall–Kier alpha value is -1.25. The molecular formula is C14H16ClNO. The highest BCUT2D eigenvalue weighted by molar-refractivity contribution is 6.28. The van der Waals surface area contributed by atoms with Crippen LogP contribution in [-0.4, -0.2) is 0 Å². The van der Waals surface area contributed by atoms with Gasteiger partial charge in [0, 0.05) is 6.54 Å². The van der Waals surface area contributed by atoms with Crippen molar-refractivity contribution in [2.24, 2.45) is 0 Å². The van der Waals surface area contributed by atoms with Crippen molar-refractivity contribution >= 4 is 11.6 Å². The average molecular weight is 250 g/mol. The summed E-state index contributed by atoms with van der Waals surface area (Å²) in [6.07, 6.45) is 1.06. The first-order valence-electron chi connectivity index (χ1n) is 5.81. The summed E-state index contributed by atoms with van der Waals surface area (Å²) in [5, 5.41) is 3.79. The van der Waals surface area contributed by atoms with Crippen LogP contribution in [0.3, 0.4) is 0 Å². The molecule has 2 rings (SSSR count). The van der Waals surface area contributed by atoms with Gasteiger partial charge in [-0.05, 0) is 41.3 Å². The van der Waals surface area contributed by atoms with Crippen LogP contribution in [0.5, 0.6) is 0 Å². The molecule has 0 saturated heterocycles. The molecule has 2 nitrogen and oxygen atoms in total. The number of halogens is 1. The van der Waals surface area contributed by atoms with Gasteiger partial charge in [-0.2, -0.15) is 0 Å². The Labute approximate surface area is 107 Å². The molecule has 0 unspecified atom stereocenters. The summed E-state index contributed by atoms with van der Waals surface area (Å²) in [6, 6.07) is 12.1. The van der Waals surface area contributed by atoms with E-state index in [2.05, 4.69) is 36.5 Å². The van der Waals surface area contributed by atoms with Crippen molar-refractivity contribution in [1.82, 2.24) is 5.32 Å². The summed E-state index contributed by atoms with van der Waals surface area (Å²) in [5.41, 5.74) is 2.73. The lowest BCUT2D eigenvalue weighted by atomic mass is 10.1. The molecule has 2 aromatic rings. The summed E-state index contributed by atoms with van der Waals surface area (Å²) >= 11 is 5.71. The summed E-state index contributed by atoms with van der Waals surface area (Å²) < 4.78 is 5.28. The quantitative estimate of drug-likeness (QED) is 0.872. The molecule has 0 spiro atoms. The molecule has 0 saturated carbocycles. The van der Waals surface area contributed by atoms with Crippen molar-refractivity contribution in [1.29, 1.82) is 0 Å². The molecule has 1 heterocycles. The van der Waals surface area contributed by atoms with Crippen LogP contribution >= 0.6 is 11.6 Å². The molecule has 1 aromatic heterocycles. The molecule has 0 aliphatic heterocycles. The molecule has 0 aliphatic carbocycles. The Morgan fingerprint density at radius 2 is 1.82 bits per heavy atom. The van der Waals surface area contributed by atoms with Crippen LogP contribution in [0.1, 0.15) is 23.8 Å². The second kappa shape index (κ2) is 5.89. The van der Waals surface area contributed by atoms with Gasteiger partial charge in [-0.25, -0.2) is 0 Å². The second-order valence-electron chi connectivity index (χ2n) is 3.93. The number of aryl methyl sites for hydroxylation is 1. The number of rotatable bonds is 5. The molecule has 0 fully saturated rings. The fourth-order valence-electron chi connectivity index (χ4n) is 1.84. The molecule has 0 bridgehead atoms. The van der Waals surface area contributed by atoms with Crippen LogP contribution in [0.15, 0.2) is 40.8 Å². The van der Waals surface area contributed by atoms with Crippen molar-refractivity contribution in [3.05, 3.63) is 58.5 Å². The maximum Gasteiger partial charge on any atom is 0.193 e. The van der Waals surface area contributed by atoms with E-state index in [-0.39, 0.29) is 0 Å². The van der Waals surface area contributed by atoms with E-state index in [1.165, 1.54) is 11.1 Å². The van der Waals surface area contributed by atoms with Crippen molar-refractivity contribution in [2.75, 3.05) is 0 Å². The standard InChI is InChI=1S/C14H16ClNO/c1-2-11-5-3-4-6-12(11)9-16-10-13-7-8-14(15)17-13/h3-8,16H,2,9-10H2,1H3. The number of benzene rings is 1. The molecule has 0 amide bonds. The first-order valence-corrected chi connectivity index (χ1v) is 6.19. The first kappa shape index (κ1) is 12.2. The zero-order valence-corrected chi connectivity index (χ0v) is 10.6. The zero-order chi connectivity index (χ0) is 12.1. The predicted molar refractivity (Wildman–Crippen MR) is 70.1 cm³/mol. The third-order valence-corrected chi connectivity index (χ3v) is 2.95. The first-order chi connectivity index (χ1) is 8.29. The molecule has 0 aliphatic rings. The lowest BCUT2D eigenvalue weighted by Crippen LogP contribution is -2.13. The number of hydrogen-bond acceptors (Lipinski definition) is 2. The third kappa shape index (κ3) is 3.35. The van der Waals surface area contributed by atoms with Gasteiger partial charge in [-0.15, -0.1) is 0 Å². The largest absolute Gasteiger partial charge is 0.448 e. The van der Waals surface area contributed by atoms with Crippen molar-refractivity contribution in [3.63, 3.8) is 0 Å². The van der Waals surface area contributed by atoms with E-state index in [4.69, 9.17) is 16.0 Å². The SMILES string of the molecule is CCc1ccccc1CNCc1ccc(Cl)o1. The van der Waals surface area contributed by atoms with E-state index >= 15 is 0 Å². The minimum absolute atomic E-state index is 0.441. The van der Waals surface area contributed by atoms with Crippen LogP contribution in [0.4, 0.5) is 0 Å². The summed E-state index contributed by atoms with van der Waals surface area (Å²) in [7, 11) is 0. The van der Waals surface area contributed by atoms with Gasteiger partial charge in [-0.1, -0.05) is 31.2 Å². The lowest BCUT2D eigenvalue weighted by Gasteiger charge is -2.08. The summed E-state index contributed by atoms with van der Waals surface area (Å²) in [6.45, 7) is 3.72. The Morgan fingerprint density at radius 3 is 2.47 bits per heavy atom. The van der Waals surface area contributed by atoms with Crippen molar-refractivity contribution in [2.45, 2.75) is 26.4 Å². The lowest BCUT2D eigenvalue weighted by molar-refractivity contribution is 0.484. The maximum atomic E-state index is 5.71. The highest BCUT2D eigenvalue weighted by Gasteiger charge is 2.01. The molecule has 0 atom stereocenters. The second-order valence-corrected chi connectivity index (χ2v) is 4.30. The highest BCUT2D eigenvalue weighted by atomic mass is 35.5. The molecule has 0 radical (unpaired) electrons. The van der Waals surface area contributed by atoms with E-state index < -0.39 is 0 Å². The molecular weight excluding hydrogens is 234 g/mol. The molecule has 90 valence electrons. The average Bonchev–Trinajstić information content (AvgIpc) is 2.76. The van der Waals surface area contributed by atoms with Gasteiger partial charge in [0.15, 0.2) is 5.22 Å². The Kier molecular flexibility index (Phi) is 4.24. The van der Waals surface area contributed by atoms with Gasteiger partial charge in [0.1, 0.15) is 5.76 Å². The zero-order valence-electron chi connectivity index (χ0n) is 9.87. The summed E-state index contributed by atoms with van der Waals surface area (Å²) in [5.74, 6) is 0.865. The minimum Gasteiger partial charge on any atom is -0.448 e. The topological polar surface area (TPSA) is 25.2 Å². The Morgan fingerprint density at radius 1 is 1.06 bits per heavy atom. The number of furan rings is 1. The van der Waals surface area contributed by atoms with Gasteiger partial charge in [-0.3, -0.25) is 0 Å². The normalized spacial score (nSPS) is 10.7. The van der Waals surface area contributed by atoms with Crippen LogP contribution in [-0.2, 0) is 19.5 Å². The smallest absolute Gasteiger partial charge is 0.193 e. The van der Waals surface area contributed by atoms with Gasteiger partial charge in [0.05, 0.1) is 6.54 Å². The highest BCUT2D eigenvalue weighted by Crippen LogP contribution is 2.13. The van der Waals surface area contributed by atoms with Crippen LogP contribution in [0, 0.1) is 0 Å².